The maximum atomic E-state index is 11.6. The summed E-state index contributed by atoms with van der Waals surface area (Å²) < 4.78 is 4.56. The van der Waals surface area contributed by atoms with Crippen LogP contribution in [0.25, 0.3) is 0 Å². The van der Waals surface area contributed by atoms with E-state index in [0.29, 0.717) is 0 Å². The van der Waals surface area contributed by atoms with Crippen LogP contribution in [0, 0.1) is 0 Å². The van der Waals surface area contributed by atoms with E-state index in [1.807, 2.05) is 6.07 Å². The van der Waals surface area contributed by atoms with Crippen LogP contribution in [0.3, 0.4) is 0 Å². The molecule has 1 aromatic carbocycles. The van der Waals surface area contributed by atoms with Crippen molar-refractivity contribution in [2.45, 2.75) is 18.4 Å². The van der Waals surface area contributed by atoms with Crippen LogP contribution in [0.2, 0.25) is 0 Å². The number of carboxylic acids is 1. The van der Waals surface area contributed by atoms with Crippen LogP contribution in [-0.2, 0) is 20.7 Å². The molecule has 0 amide bonds. The predicted molar refractivity (Wildman–Crippen MR) is 61.3 cm³/mol. The number of methoxy groups -OCH3 is 1. The van der Waals surface area contributed by atoms with Gasteiger partial charge >= 0.3 is 11.9 Å². The van der Waals surface area contributed by atoms with Crippen molar-refractivity contribution < 1.29 is 19.4 Å². The fourth-order valence-corrected chi connectivity index (χ4v) is 1.64. The number of carbonyl (C=O) groups is 2. The van der Waals surface area contributed by atoms with Gasteiger partial charge in [0.15, 0.2) is 0 Å². The molecule has 5 heteroatoms. The zero-order chi connectivity index (χ0) is 12.9. The third-order valence-corrected chi connectivity index (χ3v) is 2.42. The van der Waals surface area contributed by atoms with E-state index in [1.165, 1.54) is 7.11 Å². The Hall–Kier alpha value is -1.88. The van der Waals surface area contributed by atoms with Gasteiger partial charge in [0.1, 0.15) is 5.54 Å². The number of nitrogens with two attached hydrogens (primary N) is 1. The van der Waals surface area contributed by atoms with Crippen LogP contribution in [0.15, 0.2) is 30.3 Å². The summed E-state index contributed by atoms with van der Waals surface area (Å²) >= 11 is 0. The van der Waals surface area contributed by atoms with E-state index in [0.717, 1.165) is 5.56 Å². The highest BCUT2D eigenvalue weighted by Gasteiger charge is 2.37. The van der Waals surface area contributed by atoms with Gasteiger partial charge in [-0.3, -0.25) is 9.59 Å². The minimum absolute atomic E-state index is 0.132. The summed E-state index contributed by atoms with van der Waals surface area (Å²) in [6.07, 6.45) is -0.332. The summed E-state index contributed by atoms with van der Waals surface area (Å²) in [4.78, 5) is 22.3. The van der Waals surface area contributed by atoms with E-state index < -0.39 is 23.9 Å². The van der Waals surface area contributed by atoms with Gasteiger partial charge in [-0.25, -0.2) is 0 Å². The summed E-state index contributed by atoms with van der Waals surface area (Å²) in [5, 5.41) is 8.78. The Kier molecular flexibility index (Phi) is 4.23. The Balaban J connectivity index is 2.91. The molecular weight excluding hydrogens is 222 g/mol. The lowest BCUT2D eigenvalue weighted by atomic mass is 9.88. The maximum absolute atomic E-state index is 11.6. The van der Waals surface area contributed by atoms with Crippen molar-refractivity contribution in [2.24, 2.45) is 5.73 Å². The standard InChI is InChI=1S/C12H15NO4/c1-17-11(16)12(13,8-10(14)15)7-9-5-3-2-4-6-9/h2-6H,7-8,13H2,1H3,(H,14,15). The Bertz CT molecular complexity index is 404. The minimum Gasteiger partial charge on any atom is -0.481 e. The van der Waals surface area contributed by atoms with Gasteiger partial charge in [0.2, 0.25) is 0 Å². The summed E-state index contributed by atoms with van der Waals surface area (Å²) in [6.45, 7) is 0. The molecule has 0 aromatic heterocycles. The van der Waals surface area contributed by atoms with Crippen molar-refractivity contribution in [3.05, 3.63) is 35.9 Å². The molecule has 0 aliphatic rings. The highest BCUT2D eigenvalue weighted by Crippen LogP contribution is 2.16. The fraction of sp³-hybridized carbons (Fsp3) is 0.333. The van der Waals surface area contributed by atoms with Crippen molar-refractivity contribution in [1.29, 1.82) is 0 Å². The number of ether oxygens (including phenoxy) is 1. The molecule has 0 saturated carbocycles. The first kappa shape index (κ1) is 13.2. The van der Waals surface area contributed by atoms with Gasteiger partial charge in [-0.1, -0.05) is 30.3 Å². The lowest BCUT2D eigenvalue weighted by Gasteiger charge is -2.24. The molecule has 0 radical (unpaired) electrons. The molecule has 5 nitrogen and oxygen atoms in total. The Morgan fingerprint density at radius 2 is 1.94 bits per heavy atom. The molecule has 1 aromatic rings. The molecular formula is C12H15NO4. The van der Waals surface area contributed by atoms with Gasteiger partial charge in [-0.05, 0) is 5.56 Å². The monoisotopic (exact) mass is 237 g/mol. The van der Waals surface area contributed by atoms with Crippen LogP contribution in [0.4, 0.5) is 0 Å². The second kappa shape index (κ2) is 5.45. The number of esters is 1. The van der Waals surface area contributed by atoms with E-state index in [4.69, 9.17) is 10.8 Å². The molecule has 0 aliphatic carbocycles. The van der Waals surface area contributed by atoms with E-state index >= 15 is 0 Å². The molecule has 0 spiro atoms. The number of aliphatic carboxylic acids is 1. The molecule has 0 saturated heterocycles. The van der Waals surface area contributed by atoms with Gasteiger partial charge in [-0.15, -0.1) is 0 Å². The normalized spacial score (nSPS) is 13.8. The smallest absolute Gasteiger partial charge is 0.326 e. The van der Waals surface area contributed by atoms with Crippen LogP contribution in [-0.4, -0.2) is 29.7 Å². The van der Waals surface area contributed by atoms with Crippen molar-refractivity contribution >= 4 is 11.9 Å². The lowest BCUT2D eigenvalue weighted by molar-refractivity contribution is -0.152. The van der Waals surface area contributed by atoms with Crippen molar-refractivity contribution in [1.82, 2.24) is 0 Å². The minimum atomic E-state index is -1.53. The molecule has 1 unspecified atom stereocenters. The molecule has 3 N–H and O–H groups in total. The van der Waals surface area contributed by atoms with Gasteiger partial charge in [0.05, 0.1) is 13.5 Å². The first-order chi connectivity index (χ1) is 7.98. The molecule has 1 atom stereocenters. The molecule has 0 fully saturated rings. The number of carbonyl (C=O) groups excluding carboxylic acids is 1. The van der Waals surface area contributed by atoms with Crippen LogP contribution >= 0.6 is 0 Å². The third-order valence-electron chi connectivity index (χ3n) is 2.42. The topological polar surface area (TPSA) is 89.6 Å². The van der Waals surface area contributed by atoms with Crippen molar-refractivity contribution in [2.75, 3.05) is 7.11 Å². The van der Waals surface area contributed by atoms with E-state index in [-0.39, 0.29) is 6.42 Å². The van der Waals surface area contributed by atoms with Crippen LogP contribution in [0.1, 0.15) is 12.0 Å². The second-order valence-corrected chi connectivity index (χ2v) is 3.88. The van der Waals surface area contributed by atoms with Crippen molar-refractivity contribution in [3.8, 4) is 0 Å². The maximum Gasteiger partial charge on any atom is 0.326 e. The first-order valence-corrected chi connectivity index (χ1v) is 5.11. The first-order valence-electron chi connectivity index (χ1n) is 5.11. The van der Waals surface area contributed by atoms with Gasteiger partial charge in [0, 0.05) is 6.42 Å². The summed E-state index contributed by atoms with van der Waals surface area (Å²) in [7, 11) is 1.19. The quantitative estimate of drug-likeness (QED) is 0.731. The predicted octanol–water partition coefficient (Wildman–Crippen LogP) is 0.574. The molecule has 0 aliphatic heterocycles. The van der Waals surface area contributed by atoms with Gasteiger partial charge in [-0.2, -0.15) is 0 Å². The Labute approximate surface area is 99.2 Å². The summed E-state index contributed by atoms with van der Waals surface area (Å²) in [5.41, 5.74) is 5.10. The number of rotatable bonds is 5. The van der Waals surface area contributed by atoms with Crippen LogP contribution in [0.5, 0.6) is 0 Å². The number of hydrogen-bond donors (Lipinski definition) is 2. The van der Waals surface area contributed by atoms with E-state index in [9.17, 15) is 9.59 Å². The second-order valence-electron chi connectivity index (χ2n) is 3.88. The third kappa shape index (κ3) is 3.57. The summed E-state index contributed by atoms with van der Waals surface area (Å²) in [5.74, 6) is -1.85. The fourth-order valence-electron chi connectivity index (χ4n) is 1.64. The molecule has 17 heavy (non-hydrogen) atoms. The number of carboxylic acid groups (broad SMARTS) is 1. The average molecular weight is 237 g/mol. The van der Waals surface area contributed by atoms with E-state index in [2.05, 4.69) is 4.74 Å². The lowest BCUT2D eigenvalue weighted by Crippen LogP contribution is -2.52. The van der Waals surface area contributed by atoms with Gasteiger partial charge < -0.3 is 15.6 Å². The Morgan fingerprint density at radius 3 is 2.41 bits per heavy atom. The SMILES string of the molecule is COC(=O)C(N)(CC(=O)O)Cc1ccccc1. The largest absolute Gasteiger partial charge is 0.481 e. The molecule has 92 valence electrons. The Morgan fingerprint density at radius 1 is 1.35 bits per heavy atom. The number of benzene rings is 1. The summed E-state index contributed by atoms with van der Waals surface area (Å²) in [6, 6.07) is 9.00. The molecule has 0 bridgehead atoms. The number of hydrogen-bond acceptors (Lipinski definition) is 4. The highest BCUT2D eigenvalue weighted by atomic mass is 16.5. The van der Waals surface area contributed by atoms with Crippen molar-refractivity contribution in [3.63, 3.8) is 0 Å². The van der Waals surface area contributed by atoms with Crippen LogP contribution < -0.4 is 5.73 Å². The van der Waals surface area contributed by atoms with Gasteiger partial charge in [0.25, 0.3) is 0 Å². The zero-order valence-electron chi connectivity index (χ0n) is 9.55. The average Bonchev–Trinajstić information content (AvgIpc) is 2.28. The zero-order valence-corrected chi connectivity index (χ0v) is 9.55. The molecule has 1 rings (SSSR count). The molecule has 0 heterocycles. The van der Waals surface area contributed by atoms with E-state index in [1.54, 1.807) is 24.3 Å². The highest BCUT2D eigenvalue weighted by molar-refractivity contribution is 5.86.